The minimum absolute atomic E-state index is 0.0493. The molecule has 1 aromatic carbocycles. The maximum Gasteiger partial charge on any atom is 0.317 e. The van der Waals surface area contributed by atoms with Gasteiger partial charge in [0.2, 0.25) is 0 Å². The molecule has 1 N–H and O–H groups in total. The molecule has 0 radical (unpaired) electrons. The smallest absolute Gasteiger partial charge is 0.317 e. The number of aryl methyl sites for hydroxylation is 2. The maximum atomic E-state index is 12.3. The molecule has 2 heterocycles. The summed E-state index contributed by atoms with van der Waals surface area (Å²) in [6.07, 6.45) is 2.05. The molecule has 0 aliphatic carbocycles. The predicted octanol–water partition coefficient (Wildman–Crippen LogP) is 3.65. The van der Waals surface area contributed by atoms with Crippen LogP contribution in [0.3, 0.4) is 0 Å². The Hall–Kier alpha value is -2.23. The fraction of sp³-hybridized carbons (Fsp3) is 0.421. The van der Waals surface area contributed by atoms with Gasteiger partial charge in [0.15, 0.2) is 0 Å². The van der Waals surface area contributed by atoms with Gasteiger partial charge in [-0.3, -0.25) is 0 Å². The molecule has 4 heteroatoms. The highest BCUT2D eigenvalue weighted by molar-refractivity contribution is 5.74. The monoisotopic (exact) mass is 311 g/mol. The number of hydrogen-bond donors (Lipinski definition) is 1. The second-order valence-corrected chi connectivity index (χ2v) is 6.35. The quantitative estimate of drug-likeness (QED) is 0.923. The van der Waals surface area contributed by atoms with Crippen LogP contribution in [0.15, 0.2) is 42.5 Å². The number of nitrogens with one attached hydrogen (secondary N) is 1. The first kappa shape index (κ1) is 15.7. The Bertz CT molecular complexity index is 635. The van der Waals surface area contributed by atoms with Gasteiger partial charge >= 0.3 is 6.03 Å². The van der Waals surface area contributed by atoms with E-state index in [1.54, 1.807) is 0 Å². The number of piperidine rings is 1. The molecule has 3 rings (SSSR count). The van der Waals surface area contributed by atoms with Gasteiger partial charge in [-0.25, -0.2) is 4.79 Å². The summed E-state index contributed by atoms with van der Waals surface area (Å²) in [6, 6.07) is 15.0. The second kappa shape index (κ2) is 6.90. The van der Waals surface area contributed by atoms with Gasteiger partial charge in [0.25, 0.3) is 0 Å². The van der Waals surface area contributed by atoms with Crippen molar-refractivity contribution in [1.82, 2.24) is 14.8 Å². The molecule has 23 heavy (non-hydrogen) atoms. The fourth-order valence-corrected chi connectivity index (χ4v) is 3.47. The maximum absolute atomic E-state index is 12.3. The Morgan fingerprint density at radius 2 is 1.65 bits per heavy atom. The van der Waals surface area contributed by atoms with Gasteiger partial charge in [-0.2, -0.15) is 0 Å². The van der Waals surface area contributed by atoms with Crippen molar-refractivity contribution in [2.45, 2.75) is 39.3 Å². The van der Waals surface area contributed by atoms with E-state index in [4.69, 9.17) is 0 Å². The first-order valence-electron chi connectivity index (χ1n) is 8.36. The Balaban J connectivity index is 1.51. The number of carbonyl (C=O) groups excluding carboxylic acids is 1. The van der Waals surface area contributed by atoms with E-state index in [1.807, 2.05) is 35.2 Å². The molecule has 1 saturated heterocycles. The number of amides is 2. The standard InChI is InChI=1S/C19H25N3O/c1-15-8-9-16(2)22(15)18-10-12-21(13-11-18)19(23)20-14-17-6-4-3-5-7-17/h3-9,18H,10-14H2,1-2H3,(H,20,23). The van der Waals surface area contributed by atoms with Crippen LogP contribution in [0.5, 0.6) is 0 Å². The zero-order chi connectivity index (χ0) is 16.2. The number of nitrogens with zero attached hydrogens (tertiary/aromatic N) is 2. The normalized spacial score (nSPS) is 15.7. The molecule has 1 aromatic heterocycles. The lowest BCUT2D eigenvalue weighted by molar-refractivity contribution is 0.170. The molecule has 1 fully saturated rings. The number of benzene rings is 1. The first-order valence-corrected chi connectivity index (χ1v) is 8.36. The van der Waals surface area contributed by atoms with Gasteiger partial charge in [-0.05, 0) is 44.4 Å². The van der Waals surface area contributed by atoms with Crippen molar-refractivity contribution in [3.63, 3.8) is 0 Å². The fourth-order valence-electron chi connectivity index (χ4n) is 3.47. The van der Waals surface area contributed by atoms with E-state index in [1.165, 1.54) is 11.4 Å². The molecule has 4 nitrogen and oxygen atoms in total. The van der Waals surface area contributed by atoms with Crippen LogP contribution in [0.2, 0.25) is 0 Å². The Morgan fingerprint density at radius 3 is 2.26 bits per heavy atom. The topological polar surface area (TPSA) is 37.3 Å². The molecular formula is C19H25N3O. The first-order chi connectivity index (χ1) is 11.1. The van der Waals surface area contributed by atoms with E-state index in [0.29, 0.717) is 12.6 Å². The van der Waals surface area contributed by atoms with Crippen molar-refractivity contribution in [2.75, 3.05) is 13.1 Å². The van der Waals surface area contributed by atoms with Gasteiger partial charge in [-0.1, -0.05) is 30.3 Å². The number of rotatable bonds is 3. The second-order valence-electron chi connectivity index (χ2n) is 6.35. The molecular weight excluding hydrogens is 286 g/mol. The van der Waals surface area contributed by atoms with Crippen molar-refractivity contribution in [3.05, 3.63) is 59.4 Å². The van der Waals surface area contributed by atoms with Gasteiger partial charge in [0.1, 0.15) is 0 Å². The van der Waals surface area contributed by atoms with Gasteiger partial charge in [0, 0.05) is 37.1 Å². The van der Waals surface area contributed by atoms with Crippen molar-refractivity contribution in [1.29, 1.82) is 0 Å². The van der Waals surface area contributed by atoms with Crippen LogP contribution in [0.1, 0.15) is 35.8 Å². The average Bonchev–Trinajstić information content (AvgIpc) is 2.92. The zero-order valence-electron chi connectivity index (χ0n) is 14.0. The molecule has 1 aliphatic rings. The minimum Gasteiger partial charge on any atom is -0.346 e. The summed E-state index contributed by atoms with van der Waals surface area (Å²) in [5.74, 6) is 0. The highest BCUT2D eigenvalue weighted by atomic mass is 16.2. The van der Waals surface area contributed by atoms with Crippen molar-refractivity contribution < 1.29 is 4.79 Å². The number of likely N-dealkylation sites (tertiary alicyclic amines) is 1. The Labute approximate surface area is 138 Å². The summed E-state index contributed by atoms with van der Waals surface area (Å²) in [7, 11) is 0. The lowest BCUT2D eigenvalue weighted by Gasteiger charge is -2.34. The number of urea groups is 1. The van der Waals surface area contributed by atoms with Gasteiger partial charge < -0.3 is 14.8 Å². The van der Waals surface area contributed by atoms with E-state index in [0.717, 1.165) is 31.5 Å². The highest BCUT2D eigenvalue weighted by Gasteiger charge is 2.24. The lowest BCUT2D eigenvalue weighted by atomic mass is 10.0. The van der Waals surface area contributed by atoms with E-state index >= 15 is 0 Å². The van der Waals surface area contributed by atoms with E-state index in [-0.39, 0.29) is 6.03 Å². The number of aromatic nitrogens is 1. The van der Waals surface area contributed by atoms with Crippen molar-refractivity contribution >= 4 is 6.03 Å². The summed E-state index contributed by atoms with van der Waals surface area (Å²) >= 11 is 0. The molecule has 122 valence electrons. The summed E-state index contributed by atoms with van der Waals surface area (Å²) in [4.78, 5) is 14.2. The minimum atomic E-state index is 0.0493. The Kier molecular flexibility index (Phi) is 4.70. The van der Waals surface area contributed by atoms with Crippen LogP contribution in [0.4, 0.5) is 4.79 Å². The van der Waals surface area contributed by atoms with Gasteiger partial charge in [0.05, 0.1) is 0 Å². The van der Waals surface area contributed by atoms with Crippen molar-refractivity contribution in [2.24, 2.45) is 0 Å². The molecule has 0 bridgehead atoms. The van der Waals surface area contributed by atoms with Crippen LogP contribution >= 0.6 is 0 Å². The average molecular weight is 311 g/mol. The summed E-state index contributed by atoms with van der Waals surface area (Å²) in [5.41, 5.74) is 3.76. The van der Waals surface area contributed by atoms with E-state index in [9.17, 15) is 4.79 Å². The van der Waals surface area contributed by atoms with E-state index in [2.05, 4.69) is 35.9 Å². The SMILES string of the molecule is Cc1ccc(C)n1C1CCN(C(=O)NCc2ccccc2)CC1. The highest BCUT2D eigenvalue weighted by Crippen LogP contribution is 2.26. The molecule has 2 amide bonds. The molecule has 2 aromatic rings. The predicted molar refractivity (Wildman–Crippen MR) is 92.4 cm³/mol. The molecule has 0 unspecified atom stereocenters. The zero-order valence-corrected chi connectivity index (χ0v) is 14.0. The third kappa shape index (κ3) is 3.58. The lowest BCUT2D eigenvalue weighted by Crippen LogP contribution is -2.44. The number of carbonyl (C=O) groups is 1. The number of hydrogen-bond acceptors (Lipinski definition) is 1. The molecule has 1 aliphatic heterocycles. The summed E-state index contributed by atoms with van der Waals surface area (Å²) in [6.45, 7) is 6.55. The van der Waals surface area contributed by atoms with Crippen LogP contribution in [0, 0.1) is 13.8 Å². The summed E-state index contributed by atoms with van der Waals surface area (Å²) < 4.78 is 2.42. The van der Waals surface area contributed by atoms with E-state index < -0.39 is 0 Å². The summed E-state index contributed by atoms with van der Waals surface area (Å²) in [5, 5.41) is 3.02. The third-order valence-electron chi connectivity index (χ3n) is 4.73. The van der Waals surface area contributed by atoms with Gasteiger partial charge in [-0.15, -0.1) is 0 Å². The molecule has 0 atom stereocenters. The van der Waals surface area contributed by atoms with Crippen LogP contribution in [0.25, 0.3) is 0 Å². The molecule has 0 spiro atoms. The largest absolute Gasteiger partial charge is 0.346 e. The third-order valence-corrected chi connectivity index (χ3v) is 4.73. The Morgan fingerprint density at radius 1 is 1.04 bits per heavy atom. The van der Waals surface area contributed by atoms with Crippen LogP contribution < -0.4 is 5.32 Å². The van der Waals surface area contributed by atoms with Crippen molar-refractivity contribution in [3.8, 4) is 0 Å². The van der Waals surface area contributed by atoms with Crippen LogP contribution in [-0.2, 0) is 6.54 Å². The molecule has 0 saturated carbocycles. The van der Waals surface area contributed by atoms with Crippen LogP contribution in [-0.4, -0.2) is 28.6 Å².